The van der Waals surface area contributed by atoms with E-state index in [0.29, 0.717) is 24.8 Å². The lowest BCUT2D eigenvalue weighted by Gasteiger charge is -2.01. The molecule has 0 fully saturated rings. The minimum atomic E-state index is -0.851. The Morgan fingerprint density at radius 2 is 1.93 bits per heavy atom. The van der Waals surface area contributed by atoms with Crippen LogP contribution < -0.4 is 0 Å². The Kier molecular flexibility index (Phi) is 4.40. The minimum absolute atomic E-state index is 0.169. The van der Waals surface area contributed by atoms with Gasteiger partial charge in [-0.2, -0.15) is 0 Å². The second-order valence-corrected chi connectivity index (χ2v) is 3.54. The van der Waals surface area contributed by atoms with Gasteiger partial charge in [0.2, 0.25) is 0 Å². The molecule has 0 N–H and O–H groups in total. The smallest absolute Gasteiger partial charge is 0.159 e. The van der Waals surface area contributed by atoms with Gasteiger partial charge >= 0.3 is 0 Å². The van der Waals surface area contributed by atoms with Crippen LogP contribution >= 0.6 is 0 Å². The largest absolute Gasteiger partial charge is 0.300 e. The summed E-state index contributed by atoms with van der Waals surface area (Å²) in [5, 5.41) is 0. The summed E-state index contributed by atoms with van der Waals surface area (Å²) in [7, 11) is 0. The first kappa shape index (κ1) is 11.8. The number of benzene rings is 1. The fourth-order valence-corrected chi connectivity index (χ4v) is 1.38. The quantitative estimate of drug-likeness (QED) is 0.732. The number of carbonyl (C=O) groups excluding carboxylic acids is 1. The monoisotopic (exact) mass is 212 g/mol. The van der Waals surface area contributed by atoms with Crippen LogP contribution in [0.1, 0.15) is 31.7 Å². The van der Waals surface area contributed by atoms with Gasteiger partial charge in [0, 0.05) is 12.8 Å². The van der Waals surface area contributed by atoms with Gasteiger partial charge in [0.15, 0.2) is 11.6 Å². The maximum absolute atomic E-state index is 12.8. The number of aryl methyl sites for hydroxylation is 1. The van der Waals surface area contributed by atoms with Crippen LogP contribution in [0.3, 0.4) is 0 Å². The molecule has 1 aromatic carbocycles. The van der Waals surface area contributed by atoms with Crippen molar-refractivity contribution in [2.24, 2.45) is 0 Å². The lowest BCUT2D eigenvalue weighted by Crippen LogP contribution is -1.99. The molecule has 0 aliphatic heterocycles. The van der Waals surface area contributed by atoms with Crippen molar-refractivity contribution >= 4 is 5.78 Å². The summed E-state index contributed by atoms with van der Waals surface area (Å²) in [6, 6.07) is 3.75. The number of rotatable bonds is 5. The van der Waals surface area contributed by atoms with E-state index in [-0.39, 0.29) is 5.78 Å². The van der Waals surface area contributed by atoms with E-state index in [1.807, 2.05) is 6.92 Å². The molecule has 3 heteroatoms. The normalized spacial score (nSPS) is 10.3. The highest BCUT2D eigenvalue weighted by molar-refractivity contribution is 5.78. The average molecular weight is 212 g/mol. The van der Waals surface area contributed by atoms with E-state index in [1.165, 1.54) is 6.07 Å². The Hall–Kier alpha value is -1.25. The van der Waals surface area contributed by atoms with E-state index < -0.39 is 11.6 Å². The summed E-state index contributed by atoms with van der Waals surface area (Å²) in [6.45, 7) is 1.94. The van der Waals surface area contributed by atoms with Crippen LogP contribution in [0.2, 0.25) is 0 Å². The first-order chi connectivity index (χ1) is 7.13. The predicted octanol–water partition coefficient (Wildman–Crippen LogP) is 3.27. The molecule has 0 aromatic heterocycles. The van der Waals surface area contributed by atoms with Gasteiger partial charge in [0.1, 0.15) is 5.78 Å². The summed E-state index contributed by atoms with van der Waals surface area (Å²) in [4.78, 5) is 11.2. The molecule has 0 aliphatic rings. The van der Waals surface area contributed by atoms with Crippen LogP contribution in [0.25, 0.3) is 0 Å². The number of halogens is 2. The second kappa shape index (κ2) is 5.59. The summed E-state index contributed by atoms with van der Waals surface area (Å²) in [5.74, 6) is -1.53. The highest BCUT2D eigenvalue weighted by Gasteiger charge is 2.05. The molecule has 0 atom stereocenters. The van der Waals surface area contributed by atoms with Gasteiger partial charge < -0.3 is 0 Å². The summed E-state index contributed by atoms with van der Waals surface area (Å²) >= 11 is 0. The van der Waals surface area contributed by atoms with Crippen molar-refractivity contribution in [3.8, 4) is 0 Å². The summed E-state index contributed by atoms with van der Waals surface area (Å²) in [5.41, 5.74) is 0.665. The molecule has 0 bridgehead atoms. The van der Waals surface area contributed by atoms with Gasteiger partial charge in [-0.05, 0) is 30.5 Å². The number of Topliss-reactive ketones (excluding diaryl/α,β-unsaturated/α-hetero) is 1. The van der Waals surface area contributed by atoms with Gasteiger partial charge in [-0.1, -0.05) is 13.0 Å². The van der Waals surface area contributed by atoms with Gasteiger partial charge in [0.25, 0.3) is 0 Å². The van der Waals surface area contributed by atoms with E-state index in [0.717, 1.165) is 18.6 Å². The maximum Gasteiger partial charge on any atom is 0.159 e. The molecule has 0 spiro atoms. The van der Waals surface area contributed by atoms with Crippen LogP contribution in [0, 0.1) is 11.6 Å². The highest BCUT2D eigenvalue weighted by atomic mass is 19.2. The van der Waals surface area contributed by atoms with Crippen molar-refractivity contribution in [1.82, 2.24) is 0 Å². The lowest BCUT2D eigenvalue weighted by atomic mass is 10.1. The van der Waals surface area contributed by atoms with Gasteiger partial charge in [-0.3, -0.25) is 4.79 Å². The second-order valence-electron chi connectivity index (χ2n) is 3.54. The van der Waals surface area contributed by atoms with Crippen molar-refractivity contribution in [2.75, 3.05) is 0 Å². The van der Waals surface area contributed by atoms with Crippen molar-refractivity contribution in [2.45, 2.75) is 32.6 Å². The zero-order chi connectivity index (χ0) is 11.3. The summed E-state index contributed by atoms with van der Waals surface area (Å²) < 4.78 is 25.4. The number of carbonyl (C=O) groups is 1. The van der Waals surface area contributed by atoms with E-state index in [9.17, 15) is 13.6 Å². The zero-order valence-electron chi connectivity index (χ0n) is 8.72. The molecule has 0 unspecified atom stereocenters. The maximum atomic E-state index is 12.8. The fourth-order valence-electron chi connectivity index (χ4n) is 1.38. The predicted molar refractivity (Wildman–Crippen MR) is 54.6 cm³/mol. The molecule has 1 rings (SSSR count). The van der Waals surface area contributed by atoms with Crippen molar-refractivity contribution in [1.29, 1.82) is 0 Å². The van der Waals surface area contributed by atoms with Gasteiger partial charge in [-0.25, -0.2) is 8.78 Å². The SMILES string of the molecule is CCCC(=O)CCc1ccc(F)c(F)c1. The van der Waals surface area contributed by atoms with E-state index in [4.69, 9.17) is 0 Å². The van der Waals surface area contributed by atoms with E-state index in [2.05, 4.69) is 0 Å². The van der Waals surface area contributed by atoms with Crippen molar-refractivity contribution in [3.05, 3.63) is 35.4 Å². The topological polar surface area (TPSA) is 17.1 Å². The molecule has 0 radical (unpaired) electrons. The highest BCUT2D eigenvalue weighted by Crippen LogP contribution is 2.11. The Morgan fingerprint density at radius 3 is 2.53 bits per heavy atom. The van der Waals surface area contributed by atoms with Gasteiger partial charge in [0.05, 0.1) is 0 Å². The first-order valence-electron chi connectivity index (χ1n) is 5.09. The van der Waals surface area contributed by atoms with Crippen LogP contribution in [0.4, 0.5) is 8.78 Å². The average Bonchev–Trinajstić information content (AvgIpc) is 2.20. The van der Waals surface area contributed by atoms with Crippen LogP contribution in [-0.2, 0) is 11.2 Å². The Bertz CT molecular complexity index is 347. The third-order valence-electron chi connectivity index (χ3n) is 2.21. The summed E-state index contributed by atoms with van der Waals surface area (Å²) in [6.07, 6.45) is 2.27. The third-order valence-corrected chi connectivity index (χ3v) is 2.21. The number of ketones is 1. The molecule has 0 saturated carbocycles. The Morgan fingerprint density at radius 1 is 1.20 bits per heavy atom. The minimum Gasteiger partial charge on any atom is -0.300 e. The number of hydrogen-bond acceptors (Lipinski definition) is 1. The molecule has 0 amide bonds. The lowest BCUT2D eigenvalue weighted by molar-refractivity contribution is -0.119. The zero-order valence-corrected chi connectivity index (χ0v) is 8.72. The van der Waals surface area contributed by atoms with Crippen LogP contribution in [0.15, 0.2) is 18.2 Å². The Labute approximate surface area is 88.1 Å². The molecule has 0 heterocycles. The number of hydrogen-bond donors (Lipinski definition) is 0. The fraction of sp³-hybridized carbons (Fsp3) is 0.417. The van der Waals surface area contributed by atoms with E-state index in [1.54, 1.807) is 0 Å². The van der Waals surface area contributed by atoms with Crippen molar-refractivity contribution < 1.29 is 13.6 Å². The van der Waals surface area contributed by atoms with Crippen LogP contribution in [0.5, 0.6) is 0 Å². The molecule has 15 heavy (non-hydrogen) atoms. The Balaban J connectivity index is 2.51. The van der Waals surface area contributed by atoms with E-state index >= 15 is 0 Å². The molecule has 1 aromatic rings. The van der Waals surface area contributed by atoms with Crippen molar-refractivity contribution in [3.63, 3.8) is 0 Å². The molecular weight excluding hydrogens is 198 g/mol. The standard InChI is InChI=1S/C12H14F2O/c1-2-3-10(15)6-4-9-5-7-11(13)12(14)8-9/h5,7-8H,2-4,6H2,1H3. The molecule has 0 saturated heterocycles. The third kappa shape index (κ3) is 3.78. The van der Waals surface area contributed by atoms with Crippen LogP contribution in [-0.4, -0.2) is 5.78 Å². The van der Waals surface area contributed by atoms with Gasteiger partial charge in [-0.15, -0.1) is 0 Å². The molecule has 0 aliphatic carbocycles. The first-order valence-corrected chi connectivity index (χ1v) is 5.09. The molecule has 82 valence electrons. The molecular formula is C12H14F2O. The molecule has 1 nitrogen and oxygen atoms in total.